The summed E-state index contributed by atoms with van der Waals surface area (Å²) in [4.78, 5) is 17.1. The van der Waals surface area contributed by atoms with E-state index >= 15 is 0 Å². The Labute approximate surface area is 125 Å². The quantitative estimate of drug-likeness (QED) is 0.817. The number of amides is 1. The van der Waals surface area contributed by atoms with Gasteiger partial charge in [-0.25, -0.2) is 0 Å². The number of nitrogens with zero attached hydrogens (tertiary/aromatic N) is 3. The van der Waals surface area contributed by atoms with Crippen molar-refractivity contribution < 1.29 is 14.1 Å². The summed E-state index contributed by atoms with van der Waals surface area (Å²) in [6.07, 6.45) is 0. The van der Waals surface area contributed by atoms with Gasteiger partial charge in [-0.2, -0.15) is 0 Å². The first-order valence-electron chi connectivity index (χ1n) is 7.62. The molecule has 1 aromatic heterocycles. The Hall–Kier alpha value is -1.40. The number of carbonyl (C=O) groups excluding carboxylic acids is 1. The van der Waals surface area contributed by atoms with E-state index in [9.17, 15) is 4.79 Å². The molecule has 2 aliphatic rings. The summed E-state index contributed by atoms with van der Waals surface area (Å²) in [5.74, 6) is 1.14. The fourth-order valence-corrected chi connectivity index (χ4v) is 3.45. The van der Waals surface area contributed by atoms with E-state index in [1.807, 2.05) is 11.8 Å². The lowest BCUT2D eigenvalue weighted by Gasteiger charge is -2.33. The summed E-state index contributed by atoms with van der Waals surface area (Å²) in [6.45, 7) is 10.9. The summed E-state index contributed by atoms with van der Waals surface area (Å²) < 4.78 is 10.5. The van der Waals surface area contributed by atoms with Crippen LogP contribution in [-0.4, -0.2) is 66.3 Å². The fraction of sp³-hybridized carbons (Fsp3) is 0.733. The van der Waals surface area contributed by atoms with Gasteiger partial charge in [0.05, 0.1) is 18.9 Å². The molecule has 3 heterocycles. The molecule has 116 valence electrons. The van der Waals surface area contributed by atoms with Crippen molar-refractivity contribution in [1.82, 2.24) is 15.0 Å². The zero-order valence-corrected chi connectivity index (χ0v) is 13.0. The monoisotopic (exact) mass is 293 g/mol. The molecule has 3 rings (SSSR count). The van der Waals surface area contributed by atoms with Crippen LogP contribution in [-0.2, 0) is 4.74 Å². The van der Waals surface area contributed by atoms with Crippen molar-refractivity contribution in [2.24, 2.45) is 5.92 Å². The van der Waals surface area contributed by atoms with Gasteiger partial charge in [0.25, 0.3) is 5.91 Å². The van der Waals surface area contributed by atoms with E-state index in [0.717, 1.165) is 39.4 Å². The Bertz CT molecular complexity index is 503. The summed E-state index contributed by atoms with van der Waals surface area (Å²) in [5, 5.41) is 3.89. The fourth-order valence-electron chi connectivity index (χ4n) is 3.45. The molecule has 0 N–H and O–H groups in total. The molecule has 0 aliphatic carbocycles. The van der Waals surface area contributed by atoms with E-state index < -0.39 is 0 Å². The minimum atomic E-state index is 0.0499. The first-order valence-corrected chi connectivity index (χ1v) is 7.62. The number of hydrogen-bond donors (Lipinski definition) is 0. The highest BCUT2D eigenvalue weighted by Gasteiger charge is 2.38. The maximum atomic E-state index is 12.7. The second-order valence-corrected chi connectivity index (χ2v) is 6.10. The van der Waals surface area contributed by atoms with Gasteiger partial charge in [0, 0.05) is 32.2 Å². The van der Waals surface area contributed by atoms with Crippen LogP contribution in [0.3, 0.4) is 0 Å². The molecule has 0 saturated carbocycles. The first kappa shape index (κ1) is 14.5. The third-order valence-corrected chi connectivity index (χ3v) is 4.62. The van der Waals surface area contributed by atoms with Crippen molar-refractivity contribution in [2.75, 3.05) is 39.4 Å². The van der Waals surface area contributed by atoms with Crippen LogP contribution < -0.4 is 0 Å². The van der Waals surface area contributed by atoms with Gasteiger partial charge in [0.2, 0.25) is 0 Å². The molecule has 6 nitrogen and oxygen atoms in total. The molecule has 2 atom stereocenters. The number of ether oxygens (including phenoxy) is 1. The van der Waals surface area contributed by atoms with E-state index in [1.54, 1.807) is 6.92 Å². The largest absolute Gasteiger partial charge is 0.379 e. The molecule has 2 fully saturated rings. The second-order valence-electron chi connectivity index (χ2n) is 6.10. The highest BCUT2D eigenvalue weighted by atomic mass is 16.5. The number of aromatic nitrogens is 1. The van der Waals surface area contributed by atoms with Gasteiger partial charge in [0.1, 0.15) is 11.3 Å². The van der Waals surface area contributed by atoms with Crippen LogP contribution in [0.2, 0.25) is 0 Å². The maximum absolute atomic E-state index is 12.7. The SMILES string of the molecule is Cc1noc(C)c1C(=O)N1C[C@@H](C)[C@@H](N2CCOCC2)C1. The average Bonchev–Trinajstić information content (AvgIpc) is 3.03. The zero-order chi connectivity index (χ0) is 15.0. The van der Waals surface area contributed by atoms with Crippen LogP contribution in [0.4, 0.5) is 0 Å². The summed E-state index contributed by atoms with van der Waals surface area (Å²) in [6, 6.07) is 0.429. The molecule has 0 unspecified atom stereocenters. The second kappa shape index (κ2) is 5.77. The predicted octanol–water partition coefficient (Wildman–Crippen LogP) is 1.08. The van der Waals surface area contributed by atoms with Crippen LogP contribution in [0.15, 0.2) is 4.52 Å². The van der Waals surface area contributed by atoms with Crippen LogP contribution in [0, 0.1) is 19.8 Å². The van der Waals surface area contributed by atoms with Crippen LogP contribution in [0.1, 0.15) is 28.7 Å². The van der Waals surface area contributed by atoms with Gasteiger partial charge in [0.15, 0.2) is 0 Å². The molecule has 1 aromatic rings. The highest BCUT2D eigenvalue weighted by molar-refractivity contribution is 5.96. The van der Waals surface area contributed by atoms with Gasteiger partial charge in [-0.1, -0.05) is 12.1 Å². The van der Waals surface area contributed by atoms with Crippen molar-refractivity contribution in [3.8, 4) is 0 Å². The lowest BCUT2D eigenvalue weighted by molar-refractivity contribution is 0.0119. The lowest BCUT2D eigenvalue weighted by atomic mass is 10.0. The van der Waals surface area contributed by atoms with E-state index in [-0.39, 0.29) is 5.91 Å². The standard InChI is InChI=1S/C15H23N3O3/c1-10-8-18(9-13(10)17-4-6-20-7-5-17)15(19)14-11(2)16-21-12(14)3/h10,13H,4-9H2,1-3H3/t10-,13+/m1/s1. The van der Waals surface area contributed by atoms with E-state index in [0.29, 0.717) is 29.0 Å². The molecule has 0 aromatic carbocycles. The van der Waals surface area contributed by atoms with Crippen LogP contribution in [0.25, 0.3) is 0 Å². The Morgan fingerprint density at radius 2 is 1.95 bits per heavy atom. The van der Waals surface area contributed by atoms with E-state index in [4.69, 9.17) is 9.26 Å². The Morgan fingerprint density at radius 3 is 2.57 bits per heavy atom. The van der Waals surface area contributed by atoms with Gasteiger partial charge in [-0.15, -0.1) is 0 Å². The molecule has 2 aliphatic heterocycles. The number of likely N-dealkylation sites (tertiary alicyclic amines) is 1. The molecular formula is C15H23N3O3. The maximum Gasteiger partial charge on any atom is 0.259 e. The topological polar surface area (TPSA) is 58.8 Å². The number of hydrogen-bond acceptors (Lipinski definition) is 5. The molecule has 1 amide bonds. The van der Waals surface area contributed by atoms with Crippen molar-refractivity contribution in [1.29, 1.82) is 0 Å². The number of rotatable bonds is 2. The number of morpholine rings is 1. The Morgan fingerprint density at radius 1 is 1.24 bits per heavy atom. The Kier molecular flexibility index (Phi) is 3.99. The first-order chi connectivity index (χ1) is 10.1. The van der Waals surface area contributed by atoms with Gasteiger partial charge >= 0.3 is 0 Å². The van der Waals surface area contributed by atoms with Gasteiger partial charge < -0.3 is 14.2 Å². The normalized spacial score (nSPS) is 27.3. The van der Waals surface area contributed by atoms with Crippen molar-refractivity contribution in [3.05, 3.63) is 17.0 Å². The molecule has 6 heteroatoms. The summed E-state index contributed by atoms with van der Waals surface area (Å²) in [7, 11) is 0. The minimum Gasteiger partial charge on any atom is -0.379 e. The van der Waals surface area contributed by atoms with Crippen molar-refractivity contribution in [2.45, 2.75) is 26.8 Å². The summed E-state index contributed by atoms with van der Waals surface area (Å²) >= 11 is 0. The molecule has 0 spiro atoms. The third-order valence-electron chi connectivity index (χ3n) is 4.62. The predicted molar refractivity (Wildman–Crippen MR) is 77.2 cm³/mol. The smallest absolute Gasteiger partial charge is 0.259 e. The average molecular weight is 293 g/mol. The van der Waals surface area contributed by atoms with E-state index in [1.165, 1.54) is 0 Å². The van der Waals surface area contributed by atoms with E-state index in [2.05, 4.69) is 17.0 Å². The molecular weight excluding hydrogens is 270 g/mol. The number of aryl methyl sites for hydroxylation is 2. The Balaban J connectivity index is 1.72. The van der Waals surface area contributed by atoms with Crippen LogP contribution >= 0.6 is 0 Å². The highest BCUT2D eigenvalue weighted by Crippen LogP contribution is 2.25. The summed E-state index contributed by atoms with van der Waals surface area (Å²) in [5.41, 5.74) is 1.31. The molecule has 0 radical (unpaired) electrons. The minimum absolute atomic E-state index is 0.0499. The number of carbonyl (C=O) groups is 1. The van der Waals surface area contributed by atoms with Gasteiger partial charge in [-0.3, -0.25) is 9.69 Å². The molecule has 0 bridgehead atoms. The van der Waals surface area contributed by atoms with Crippen molar-refractivity contribution >= 4 is 5.91 Å². The molecule has 2 saturated heterocycles. The zero-order valence-electron chi connectivity index (χ0n) is 13.0. The van der Waals surface area contributed by atoms with Gasteiger partial charge in [-0.05, 0) is 19.8 Å². The van der Waals surface area contributed by atoms with Crippen molar-refractivity contribution in [3.63, 3.8) is 0 Å². The van der Waals surface area contributed by atoms with Crippen LogP contribution in [0.5, 0.6) is 0 Å². The third kappa shape index (κ3) is 2.70. The lowest BCUT2D eigenvalue weighted by Crippen LogP contribution is -2.47. The molecule has 21 heavy (non-hydrogen) atoms.